The number of amides is 2. The van der Waals surface area contributed by atoms with Gasteiger partial charge in [-0.3, -0.25) is 9.59 Å². The fourth-order valence-electron chi connectivity index (χ4n) is 3.15. The Bertz CT molecular complexity index is 789. The normalized spacial score (nSPS) is 17.7. The Morgan fingerprint density at radius 2 is 2.00 bits per heavy atom. The molecule has 1 aromatic carbocycles. The molecule has 0 saturated carbocycles. The first kappa shape index (κ1) is 20.4. The number of rotatable bonds is 7. The molecule has 0 fully saturated rings. The second-order valence-electron chi connectivity index (χ2n) is 6.91. The van der Waals surface area contributed by atoms with E-state index in [0.717, 1.165) is 17.7 Å². The number of nitrogens with zero attached hydrogens (tertiary/aromatic N) is 1. The SMILES string of the molecule is CCC(=O)N1c2ccc(S(=O)(=O)CCC(=O)N[C@H](C)CC)cc2C[C@@H]1C. The third kappa shape index (κ3) is 4.44. The molecule has 0 bridgehead atoms. The molecule has 0 radical (unpaired) electrons. The van der Waals surface area contributed by atoms with Crippen LogP contribution in [0.15, 0.2) is 23.1 Å². The average Bonchev–Trinajstić information content (AvgIpc) is 2.94. The Morgan fingerprint density at radius 3 is 2.62 bits per heavy atom. The maximum absolute atomic E-state index is 12.6. The Morgan fingerprint density at radius 1 is 1.31 bits per heavy atom. The number of benzene rings is 1. The van der Waals surface area contributed by atoms with Crippen LogP contribution >= 0.6 is 0 Å². The number of anilines is 1. The van der Waals surface area contributed by atoms with E-state index in [1.54, 1.807) is 17.0 Å². The van der Waals surface area contributed by atoms with Gasteiger partial charge in [0.15, 0.2) is 9.84 Å². The molecular formula is C19H28N2O4S. The highest BCUT2D eigenvalue weighted by molar-refractivity contribution is 7.91. The molecule has 2 rings (SSSR count). The summed E-state index contributed by atoms with van der Waals surface area (Å²) >= 11 is 0. The minimum Gasteiger partial charge on any atom is -0.354 e. The molecule has 144 valence electrons. The molecule has 2 amide bonds. The van der Waals surface area contributed by atoms with Gasteiger partial charge in [-0.25, -0.2) is 8.42 Å². The summed E-state index contributed by atoms with van der Waals surface area (Å²) in [6.07, 6.45) is 1.79. The molecule has 2 atom stereocenters. The molecule has 0 aromatic heterocycles. The average molecular weight is 381 g/mol. The molecule has 1 aromatic rings. The van der Waals surface area contributed by atoms with E-state index in [9.17, 15) is 18.0 Å². The molecule has 0 saturated heterocycles. The van der Waals surface area contributed by atoms with E-state index in [1.165, 1.54) is 6.07 Å². The third-order valence-electron chi connectivity index (χ3n) is 4.81. The molecule has 0 unspecified atom stereocenters. The van der Waals surface area contributed by atoms with Gasteiger partial charge in [-0.15, -0.1) is 0 Å². The largest absolute Gasteiger partial charge is 0.354 e. The van der Waals surface area contributed by atoms with Crippen molar-refractivity contribution in [3.63, 3.8) is 0 Å². The van der Waals surface area contributed by atoms with Crippen molar-refractivity contribution in [3.8, 4) is 0 Å². The predicted molar refractivity (Wildman–Crippen MR) is 102 cm³/mol. The molecular weight excluding hydrogens is 352 g/mol. The van der Waals surface area contributed by atoms with Crippen LogP contribution in [0.1, 0.15) is 52.5 Å². The summed E-state index contributed by atoms with van der Waals surface area (Å²) in [5.41, 5.74) is 1.65. The zero-order valence-electron chi connectivity index (χ0n) is 15.9. The zero-order chi connectivity index (χ0) is 19.5. The number of hydrogen-bond acceptors (Lipinski definition) is 4. The van der Waals surface area contributed by atoms with Crippen LogP contribution < -0.4 is 10.2 Å². The third-order valence-corrected chi connectivity index (χ3v) is 6.53. The first-order valence-electron chi connectivity index (χ1n) is 9.16. The van der Waals surface area contributed by atoms with Crippen LogP contribution in [0, 0.1) is 0 Å². The number of fused-ring (bicyclic) bond motifs is 1. The van der Waals surface area contributed by atoms with Gasteiger partial charge in [0, 0.05) is 30.6 Å². The Balaban J connectivity index is 2.14. The highest BCUT2D eigenvalue weighted by atomic mass is 32.2. The Hall–Kier alpha value is -1.89. The van der Waals surface area contributed by atoms with Crippen molar-refractivity contribution < 1.29 is 18.0 Å². The summed E-state index contributed by atoms with van der Waals surface area (Å²) in [5.74, 6) is -0.438. The number of nitrogens with one attached hydrogen (secondary N) is 1. The topological polar surface area (TPSA) is 83.6 Å². The van der Waals surface area contributed by atoms with E-state index in [4.69, 9.17) is 0 Å². The van der Waals surface area contributed by atoms with Crippen molar-refractivity contribution in [1.29, 1.82) is 0 Å². The monoisotopic (exact) mass is 380 g/mol. The number of hydrogen-bond donors (Lipinski definition) is 1. The van der Waals surface area contributed by atoms with Gasteiger partial charge < -0.3 is 10.2 Å². The van der Waals surface area contributed by atoms with E-state index in [1.807, 2.05) is 27.7 Å². The maximum Gasteiger partial charge on any atom is 0.226 e. The minimum absolute atomic E-state index is 0.0247. The fourth-order valence-corrected chi connectivity index (χ4v) is 4.43. The lowest BCUT2D eigenvalue weighted by atomic mass is 10.1. The van der Waals surface area contributed by atoms with Crippen LogP contribution in [0.3, 0.4) is 0 Å². The van der Waals surface area contributed by atoms with Crippen LogP contribution in [-0.4, -0.2) is 38.1 Å². The molecule has 1 N–H and O–H groups in total. The molecule has 1 aliphatic rings. The maximum atomic E-state index is 12.6. The summed E-state index contributed by atoms with van der Waals surface area (Å²) in [4.78, 5) is 25.9. The van der Waals surface area contributed by atoms with Crippen molar-refractivity contribution in [2.75, 3.05) is 10.7 Å². The molecule has 7 heteroatoms. The summed E-state index contributed by atoms with van der Waals surface area (Å²) in [6, 6.07) is 4.95. The summed E-state index contributed by atoms with van der Waals surface area (Å²) in [6.45, 7) is 7.62. The van der Waals surface area contributed by atoms with Crippen molar-refractivity contribution in [3.05, 3.63) is 23.8 Å². The van der Waals surface area contributed by atoms with Gasteiger partial charge in [-0.05, 0) is 50.5 Å². The molecule has 0 spiro atoms. The van der Waals surface area contributed by atoms with Crippen molar-refractivity contribution in [2.45, 2.75) is 70.4 Å². The number of carbonyl (C=O) groups excluding carboxylic acids is 2. The smallest absolute Gasteiger partial charge is 0.226 e. The summed E-state index contributed by atoms with van der Waals surface area (Å²) in [7, 11) is -3.54. The Kier molecular flexibility index (Phi) is 6.44. The van der Waals surface area contributed by atoms with E-state index < -0.39 is 9.84 Å². The van der Waals surface area contributed by atoms with Gasteiger partial charge in [0.1, 0.15) is 0 Å². The predicted octanol–water partition coefficient (Wildman–Crippen LogP) is 2.45. The van der Waals surface area contributed by atoms with Gasteiger partial charge in [0.05, 0.1) is 10.6 Å². The van der Waals surface area contributed by atoms with Gasteiger partial charge >= 0.3 is 0 Å². The Labute approximate surface area is 155 Å². The quantitative estimate of drug-likeness (QED) is 0.787. The van der Waals surface area contributed by atoms with E-state index in [2.05, 4.69) is 5.32 Å². The van der Waals surface area contributed by atoms with Gasteiger partial charge in [0.2, 0.25) is 11.8 Å². The molecule has 1 heterocycles. The fraction of sp³-hybridized carbons (Fsp3) is 0.579. The number of carbonyl (C=O) groups is 2. The lowest BCUT2D eigenvalue weighted by Crippen LogP contribution is -2.35. The first-order valence-corrected chi connectivity index (χ1v) is 10.8. The van der Waals surface area contributed by atoms with Gasteiger partial charge in [-0.1, -0.05) is 13.8 Å². The summed E-state index contributed by atoms with van der Waals surface area (Å²) in [5, 5.41) is 2.78. The molecule has 26 heavy (non-hydrogen) atoms. The summed E-state index contributed by atoms with van der Waals surface area (Å²) < 4.78 is 25.2. The van der Waals surface area contributed by atoms with E-state index in [-0.39, 0.29) is 41.0 Å². The van der Waals surface area contributed by atoms with Gasteiger partial charge in [-0.2, -0.15) is 0 Å². The standard InChI is InChI=1S/C19H28N2O4S/c1-5-13(3)20-18(22)9-10-26(24,25)16-7-8-17-15(12-16)11-14(4)21(17)19(23)6-2/h7-8,12-14H,5-6,9-11H2,1-4H3,(H,20,22)/t13-,14+/m1/s1. The zero-order valence-corrected chi connectivity index (χ0v) is 16.7. The molecule has 1 aliphatic heterocycles. The lowest BCUT2D eigenvalue weighted by molar-refractivity contribution is -0.121. The van der Waals surface area contributed by atoms with Crippen molar-refractivity contribution in [1.82, 2.24) is 5.32 Å². The van der Waals surface area contributed by atoms with Crippen molar-refractivity contribution >= 4 is 27.3 Å². The highest BCUT2D eigenvalue weighted by Gasteiger charge is 2.31. The minimum atomic E-state index is -3.54. The molecule has 6 nitrogen and oxygen atoms in total. The number of sulfone groups is 1. The second-order valence-corrected chi connectivity index (χ2v) is 9.02. The van der Waals surface area contributed by atoms with E-state index >= 15 is 0 Å². The second kappa shape index (κ2) is 8.20. The van der Waals surface area contributed by atoms with Crippen molar-refractivity contribution in [2.24, 2.45) is 0 Å². The van der Waals surface area contributed by atoms with E-state index in [0.29, 0.717) is 12.8 Å². The van der Waals surface area contributed by atoms with Crippen LogP contribution in [0.4, 0.5) is 5.69 Å². The van der Waals surface area contributed by atoms with Gasteiger partial charge in [0.25, 0.3) is 0 Å². The van der Waals surface area contributed by atoms with Crippen LogP contribution in [0.5, 0.6) is 0 Å². The lowest BCUT2D eigenvalue weighted by Gasteiger charge is -2.22. The van der Waals surface area contributed by atoms with Crippen LogP contribution in [0.25, 0.3) is 0 Å². The van der Waals surface area contributed by atoms with Crippen LogP contribution in [-0.2, 0) is 25.8 Å². The molecule has 0 aliphatic carbocycles. The highest BCUT2D eigenvalue weighted by Crippen LogP contribution is 2.34. The first-order chi connectivity index (χ1) is 12.2. The van der Waals surface area contributed by atoms with Crippen LogP contribution in [0.2, 0.25) is 0 Å².